The number of nitriles is 1. The van der Waals surface area contributed by atoms with Crippen LogP contribution < -0.4 is 4.90 Å². The lowest BCUT2D eigenvalue weighted by Crippen LogP contribution is -2.25. The van der Waals surface area contributed by atoms with Gasteiger partial charge < -0.3 is 14.4 Å². The number of para-hydroxylation sites is 2. The molecule has 25 heavy (non-hydrogen) atoms. The minimum Gasteiger partial charge on any atom is -0.462 e. The molecular weight excluding hydrogens is 320 g/mol. The van der Waals surface area contributed by atoms with Crippen molar-refractivity contribution in [3.63, 3.8) is 0 Å². The molecule has 7 nitrogen and oxygen atoms in total. The summed E-state index contributed by atoms with van der Waals surface area (Å²) in [5.74, 6) is -1.12. The van der Waals surface area contributed by atoms with Crippen molar-refractivity contribution in [3.8, 4) is 6.07 Å². The Hall–Kier alpha value is -2.72. The van der Waals surface area contributed by atoms with Crippen molar-refractivity contribution >= 4 is 22.8 Å². The van der Waals surface area contributed by atoms with E-state index in [-0.39, 0.29) is 13.2 Å². The maximum absolute atomic E-state index is 12.4. The number of hydrogen-bond acceptors (Lipinski definition) is 7. The van der Waals surface area contributed by atoms with E-state index in [0.717, 1.165) is 31.4 Å². The third-order valence-corrected chi connectivity index (χ3v) is 4.15. The van der Waals surface area contributed by atoms with Gasteiger partial charge in [-0.1, -0.05) is 12.1 Å². The van der Waals surface area contributed by atoms with E-state index in [4.69, 9.17) is 9.47 Å². The first kappa shape index (κ1) is 17.1. The number of carbonyl (C=O) groups is 1. The van der Waals surface area contributed by atoms with Crippen LogP contribution in [0.15, 0.2) is 24.3 Å². The lowest BCUT2D eigenvalue weighted by atomic mass is 10.1. The Bertz CT molecular complexity index is 796. The van der Waals surface area contributed by atoms with Crippen LogP contribution in [-0.2, 0) is 14.3 Å². The van der Waals surface area contributed by atoms with E-state index in [2.05, 4.69) is 14.9 Å². The van der Waals surface area contributed by atoms with E-state index in [1.165, 1.54) is 7.11 Å². The predicted molar refractivity (Wildman–Crippen MR) is 92.2 cm³/mol. The summed E-state index contributed by atoms with van der Waals surface area (Å²) in [5.41, 5.74) is 1.77. The lowest BCUT2D eigenvalue weighted by Gasteiger charge is -2.21. The molecule has 3 rings (SSSR count). The maximum atomic E-state index is 12.4. The molecule has 0 N–H and O–H groups in total. The third-order valence-electron chi connectivity index (χ3n) is 4.15. The molecule has 1 aromatic carbocycles. The number of ether oxygens (including phenoxy) is 2. The summed E-state index contributed by atoms with van der Waals surface area (Å²) >= 11 is 0. The number of rotatable bonds is 6. The lowest BCUT2D eigenvalue weighted by molar-refractivity contribution is -0.145. The Morgan fingerprint density at radius 2 is 1.92 bits per heavy atom. The molecule has 1 aromatic heterocycles. The first-order chi connectivity index (χ1) is 12.2. The molecule has 0 aliphatic carbocycles. The second-order valence-corrected chi connectivity index (χ2v) is 5.84. The van der Waals surface area contributed by atoms with Crippen molar-refractivity contribution in [2.45, 2.75) is 18.8 Å². The molecule has 1 fully saturated rings. The number of esters is 1. The highest BCUT2D eigenvalue weighted by molar-refractivity contribution is 5.85. The van der Waals surface area contributed by atoms with Crippen molar-refractivity contribution in [2.24, 2.45) is 0 Å². The summed E-state index contributed by atoms with van der Waals surface area (Å²) < 4.78 is 10.0. The molecule has 1 saturated heterocycles. The molecule has 2 aromatic rings. The van der Waals surface area contributed by atoms with Crippen LogP contribution in [0.4, 0.5) is 5.82 Å². The molecule has 0 bridgehead atoms. The maximum Gasteiger partial charge on any atom is 0.329 e. The van der Waals surface area contributed by atoms with Gasteiger partial charge in [0.15, 0.2) is 11.7 Å². The second-order valence-electron chi connectivity index (χ2n) is 5.84. The fourth-order valence-corrected chi connectivity index (χ4v) is 2.89. The molecule has 0 amide bonds. The van der Waals surface area contributed by atoms with Gasteiger partial charge in [0.2, 0.25) is 0 Å². The topological polar surface area (TPSA) is 88.3 Å². The zero-order chi connectivity index (χ0) is 17.6. The zero-order valence-electron chi connectivity index (χ0n) is 14.1. The summed E-state index contributed by atoms with van der Waals surface area (Å²) in [4.78, 5) is 23.7. The Kier molecular flexibility index (Phi) is 5.41. The normalized spacial score (nSPS) is 15.1. The van der Waals surface area contributed by atoms with Gasteiger partial charge in [-0.2, -0.15) is 5.26 Å². The number of carbonyl (C=O) groups excluding carboxylic acids is 1. The first-order valence-corrected chi connectivity index (χ1v) is 8.31. The Balaban J connectivity index is 2.00. The van der Waals surface area contributed by atoms with Crippen LogP contribution in [0.5, 0.6) is 0 Å². The fraction of sp³-hybridized carbons (Fsp3) is 0.444. The minimum absolute atomic E-state index is 0.105. The van der Waals surface area contributed by atoms with Crippen molar-refractivity contribution in [1.82, 2.24) is 9.97 Å². The van der Waals surface area contributed by atoms with E-state index in [0.29, 0.717) is 17.0 Å². The van der Waals surface area contributed by atoms with Gasteiger partial charge in [-0.25, -0.2) is 9.97 Å². The molecule has 2 heterocycles. The highest BCUT2D eigenvalue weighted by atomic mass is 16.6. The van der Waals surface area contributed by atoms with Crippen LogP contribution in [0.1, 0.15) is 24.5 Å². The SMILES string of the molecule is COCCOC(=O)[C@H](C#N)c1nc2ccccc2nc1N1CCCC1. The van der Waals surface area contributed by atoms with E-state index < -0.39 is 11.9 Å². The van der Waals surface area contributed by atoms with Crippen molar-refractivity contribution < 1.29 is 14.3 Å². The highest BCUT2D eigenvalue weighted by Crippen LogP contribution is 2.29. The zero-order valence-corrected chi connectivity index (χ0v) is 14.1. The van der Waals surface area contributed by atoms with Crippen molar-refractivity contribution in [2.75, 3.05) is 38.3 Å². The van der Waals surface area contributed by atoms with Crippen LogP contribution in [0, 0.1) is 11.3 Å². The van der Waals surface area contributed by atoms with E-state index >= 15 is 0 Å². The summed E-state index contributed by atoms with van der Waals surface area (Å²) in [6.45, 7) is 2.08. The second kappa shape index (κ2) is 7.90. The van der Waals surface area contributed by atoms with Gasteiger partial charge in [-0.05, 0) is 25.0 Å². The van der Waals surface area contributed by atoms with Gasteiger partial charge >= 0.3 is 5.97 Å². The molecule has 1 aliphatic heterocycles. The number of methoxy groups -OCH3 is 1. The van der Waals surface area contributed by atoms with Gasteiger partial charge in [0.1, 0.15) is 12.3 Å². The number of aromatic nitrogens is 2. The summed E-state index contributed by atoms with van der Waals surface area (Å²) in [6.07, 6.45) is 2.12. The number of nitrogens with zero attached hydrogens (tertiary/aromatic N) is 4. The molecule has 0 radical (unpaired) electrons. The van der Waals surface area contributed by atoms with E-state index in [1.807, 2.05) is 30.3 Å². The van der Waals surface area contributed by atoms with Gasteiger partial charge in [0.25, 0.3) is 0 Å². The first-order valence-electron chi connectivity index (χ1n) is 8.31. The number of benzene rings is 1. The molecule has 1 aliphatic rings. The minimum atomic E-state index is -1.11. The molecule has 7 heteroatoms. The van der Waals surface area contributed by atoms with Crippen molar-refractivity contribution in [1.29, 1.82) is 5.26 Å². The predicted octanol–water partition coefficient (Wildman–Crippen LogP) is 2.03. The highest BCUT2D eigenvalue weighted by Gasteiger charge is 2.30. The molecule has 0 spiro atoms. The van der Waals surface area contributed by atoms with E-state index in [9.17, 15) is 10.1 Å². The summed E-state index contributed by atoms with van der Waals surface area (Å²) in [6, 6.07) is 9.48. The Morgan fingerprint density at radius 1 is 1.24 bits per heavy atom. The smallest absolute Gasteiger partial charge is 0.329 e. The van der Waals surface area contributed by atoms with Crippen molar-refractivity contribution in [3.05, 3.63) is 30.0 Å². The summed E-state index contributed by atoms with van der Waals surface area (Å²) in [5, 5.41) is 9.58. The molecule has 1 atom stereocenters. The van der Waals surface area contributed by atoms with Crippen LogP contribution in [0.3, 0.4) is 0 Å². The average molecular weight is 340 g/mol. The Labute approximate surface area is 146 Å². The Morgan fingerprint density at radius 3 is 2.56 bits per heavy atom. The molecule has 0 saturated carbocycles. The van der Waals surface area contributed by atoms with Gasteiger partial charge in [-0.3, -0.25) is 4.79 Å². The van der Waals surface area contributed by atoms with Crippen LogP contribution in [-0.4, -0.2) is 49.4 Å². The third kappa shape index (κ3) is 3.69. The van der Waals surface area contributed by atoms with Gasteiger partial charge in [0.05, 0.1) is 23.7 Å². The number of fused-ring (bicyclic) bond motifs is 1. The van der Waals surface area contributed by atoms with Crippen LogP contribution in [0.2, 0.25) is 0 Å². The quantitative estimate of drug-likeness (QED) is 0.587. The van der Waals surface area contributed by atoms with Crippen LogP contribution in [0.25, 0.3) is 11.0 Å². The van der Waals surface area contributed by atoms with E-state index in [1.54, 1.807) is 0 Å². The van der Waals surface area contributed by atoms with Gasteiger partial charge in [0, 0.05) is 20.2 Å². The summed E-state index contributed by atoms with van der Waals surface area (Å²) in [7, 11) is 1.52. The standard InChI is InChI=1S/C18H20N4O3/c1-24-10-11-25-18(23)13(12-19)16-17(22-8-4-5-9-22)21-15-7-3-2-6-14(15)20-16/h2-3,6-7,13H,4-5,8-11H2,1H3/t13-/m1/s1. The number of anilines is 1. The molecular formula is C18H20N4O3. The monoisotopic (exact) mass is 340 g/mol. The molecule has 0 unspecified atom stereocenters. The van der Waals surface area contributed by atoms with Crippen LogP contribution >= 0.6 is 0 Å². The number of hydrogen-bond donors (Lipinski definition) is 0. The molecule has 130 valence electrons. The average Bonchev–Trinajstić information content (AvgIpc) is 3.16. The largest absolute Gasteiger partial charge is 0.462 e. The fourth-order valence-electron chi connectivity index (χ4n) is 2.89. The van der Waals surface area contributed by atoms with Gasteiger partial charge in [-0.15, -0.1) is 0 Å².